The summed E-state index contributed by atoms with van der Waals surface area (Å²) in [6.45, 7) is 6.25. The summed E-state index contributed by atoms with van der Waals surface area (Å²) in [4.78, 5) is 29.4. The molecule has 4 aromatic rings. The van der Waals surface area contributed by atoms with Crippen molar-refractivity contribution in [2.75, 3.05) is 0 Å². The van der Waals surface area contributed by atoms with Gasteiger partial charge in [0.05, 0.1) is 0 Å². The van der Waals surface area contributed by atoms with E-state index < -0.39 is 11.6 Å². The highest BCUT2D eigenvalue weighted by Crippen LogP contribution is 2.22. The number of carbonyl (C=O) groups excluding carboxylic acids is 2. The van der Waals surface area contributed by atoms with Crippen LogP contribution in [-0.2, 0) is 29.0 Å². The van der Waals surface area contributed by atoms with Crippen molar-refractivity contribution in [3.8, 4) is 0 Å². The van der Waals surface area contributed by atoms with Crippen LogP contribution in [0.15, 0.2) is 102 Å². The molecule has 0 unspecified atom stereocenters. The summed E-state index contributed by atoms with van der Waals surface area (Å²) in [5.41, 5.74) is 2.72. The predicted molar refractivity (Wildman–Crippen MR) is 159 cm³/mol. The lowest BCUT2D eigenvalue weighted by Gasteiger charge is -2.34. The molecule has 2 amide bonds. The second kappa shape index (κ2) is 12.4. The third kappa shape index (κ3) is 7.55. The number of carbonyl (C=O) groups is 2. The van der Waals surface area contributed by atoms with Gasteiger partial charge >= 0.3 is 0 Å². The zero-order chi connectivity index (χ0) is 27.1. The zero-order valence-electron chi connectivity index (χ0n) is 22.3. The summed E-state index contributed by atoms with van der Waals surface area (Å²) in [6, 6.07) is 31.7. The average Bonchev–Trinajstić information content (AvgIpc) is 2.90. The minimum absolute atomic E-state index is 0.0363. The number of nitrogens with zero attached hydrogens (tertiary/aromatic N) is 1. The third-order valence-electron chi connectivity index (χ3n) is 6.52. The molecule has 0 saturated heterocycles. The quantitative estimate of drug-likeness (QED) is 0.233. The van der Waals surface area contributed by atoms with Crippen LogP contribution in [0.4, 0.5) is 0 Å². The molecule has 0 aromatic heterocycles. The van der Waals surface area contributed by atoms with Gasteiger partial charge < -0.3 is 10.2 Å². The van der Waals surface area contributed by atoms with Crippen molar-refractivity contribution in [2.45, 2.75) is 58.2 Å². The lowest BCUT2D eigenvalue weighted by atomic mass is 9.98. The first kappa shape index (κ1) is 27.6. The Balaban J connectivity index is 1.65. The number of benzene rings is 4. The van der Waals surface area contributed by atoms with Crippen molar-refractivity contribution in [3.05, 3.63) is 118 Å². The monoisotopic (exact) mass is 570 g/mol. The maximum atomic E-state index is 14.0. The predicted octanol–water partition coefficient (Wildman–Crippen LogP) is 7.09. The van der Waals surface area contributed by atoms with Crippen LogP contribution in [0.25, 0.3) is 10.8 Å². The van der Waals surface area contributed by atoms with E-state index in [0.717, 1.165) is 31.9 Å². The van der Waals surface area contributed by atoms with E-state index >= 15 is 0 Å². The van der Waals surface area contributed by atoms with Crippen LogP contribution in [0.5, 0.6) is 0 Å². The molecular weight excluding hydrogens is 536 g/mol. The average molecular weight is 572 g/mol. The highest BCUT2D eigenvalue weighted by molar-refractivity contribution is 9.10. The molecule has 4 nitrogen and oxygen atoms in total. The van der Waals surface area contributed by atoms with Crippen LogP contribution in [0.3, 0.4) is 0 Å². The van der Waals surface area contributed by atoms with E-state index in [2.05, 4.69) is 45.5 Å². The number of fused-ring (bicyclic) bond motifs is 1. The van der Waals surface area contributed by atoms with Gasteiger partial charge in [-0.3, -0.25) is 9.59 Å². The maximum Gasteiger partial charge on any atom is 0.243 e. The smallest absolute Gasteiger partial charge is 0.243 e. The van der Waals surface area contributed by atoms with Crippen molar-refractivity contribution in [1.29, 1.82) is 0 Å². The molecule has 0 heterocycles. The summed E-state index contributed by atoms with van der Waals surface area (Å²) in [5, 5.41) is 5.45. The molecule has 38 heavy (non-hydrogen) atoms. The largest absolute Gasteiger partial charge is 0.350 e. The van der Waals surface area contributed by atoms with Crippen molar-refractivity contribution >= 4 is 38.5 Å². The molecule has 196 valence electrons. The molecule has 1 atom stereocenters. The molecule has 4 aromatic carbocycles. The molecule has 0 fully saturated rings. The van der Waals surface area contributed by atoms with Crippen molar-refractivity contribution < 1.29 is 9.59 Å². The Hall–Kier alpha value is -3.44. The number of amides is 2. The van der Waals surface area contributed by atoms with Crippen LogP contribution >= 0.6 is 15.9 Å². The summed E-state index contributed by atoms with van der Waals surface area (Å²) in [7, 11) is 0. The lowest BCUT2D eigenvalue weighted by Crippen LogP contribution is -2.54. The Labute approximate surface area is 234 Å². The van der Waals surface area contributed by atoms with Crippen LogP contribution in [0, 0.1) is 0 Å². The Morgan fingerprint density at radius 3 is 2.18 bits per heavy atom. The van der Waals surface area contributed by atoms with Crippen molar-refractivity contribution in [1.82, 2.24) is 10.2 Å². The zero-order valence-corrected chi connectivity index (χ0v) is 23.9. The van der Waals surface area contributed by atoms with Gasteiger partial charge in [0.2, 0.25) is 11.8 Å². The van der Waals surface area contributed by atoms with Gasteiger partial charge in [0.1, 0.15) is 6.04 Å². The SMILES string of the molecule is CC(C)(C)NC(=O)[C@@H](Cc1ccccc1)N(Cc1ccc(Br)cc1)C(=O)CCc1cccc2ccccc12. The number of hydrogen-bond donors (Lipinski definition) is 1. The van der Waals surface area contributed by atoms with E-state index in [9.17, 15) is 9.59 Å². The molecule has 0 bridgehead atoms. The number of nitrogens with one attached hydrogen (secondary N) is 1. The first-order chi connectivity index (χ1) is 18.2. The van der Waals surface area contributed by atoms with Crippen molar-refractivity contribution in [2.24, 2.45) is 0 Å². The number of halogens is 1. The Bertz CT molecular complexity index is 1370. The summed E-state index contributed by atoms with van der Waals surface area (Å²) in [5.74, 6) is -0.178. The number of hydrogen-bond acceptors (Lipinski definition) is 2. The minimum atomic E-state index is -0.639. The fourth-order valence-electron chi connectivity index (χ4n) is 4.69. The van der Waals surface area contributed by atoms with Crippen LogP contribution < -0.4 is 5.32 Å². The normalized spacial score (nSPS) is 12.2. The third-order valence-corrected chi connectivity index (χ3v) is 7.05. The van der Waals surface area contributed by atoms with Crippen LogP contribution in [0.1, 0.15) is 43.9 Å². The molecule has 0 aliphatic rings. The molecule has 5 heteroatoms. The summed E-state index contributed by atoms with van der Waals surface area (Å²) >= 11 is 3.50. The molecule has 0 radical (unpaired) electrons. The van der Waals surface area contributed by atoms with Crippen LogP contribution in [-0.4, -0.2) is 28.3 Å². The van der Waals surface area contributed by atoms with Gasteiger partial charge in [-0.25, -0.2) is 0 Å². The Morgan fingerprint density at radius 1 is 0.816 bits per heavy atom. The highest BCUT2D eigenvalue weighted by Gasteiger charge is 2.32. The molecule has 0 aliphatic carbocycles. The van der Waals surface area contributed by atoms with Gasteiger partial charge in [-0.15, -0.1) is 0 Å². The molecule has 1 N–H and O–H groups in total. The summed E-state index contributed by atoms with van der Waals surface area (Å²) in [6.07, 6.45) is 1.37. The topological polar surface area (TPSA) is 49.4 Å². The van der Waals surface area contributed by atoms with E-state index in [0.29, 0.717) is 25.8 Å². The highest BCUT2D eigenvalue weighted by atomic mass is 79.9. The standard InChI is InChI=1S/C33H35BrN2O2/c1-33(2,3)35-32(38)30(22-24-10-5-4-6-11-24)36(23-25-16-19-28(34)20-17-25)31(37)21-18-27-14-9-13-26-12-7-8-15-29(26)27/h4-17,19-20,30H,18,21-23H2,1-3H3,(H,35,38)/t30-/m1/s1. The second-order valence-corrected chi connectivity index (χ2v) is 11.6. The van der Waals surface area contributed by atoms with Gasteiger partial charge in [0, 0.05) is 29.4 Å². The molecular formula is C33H35BrN2O2. The van der Waals surface area contributed by atoms with E-state index in [1.165, 1.54) is 0 Å². The van der Waals surface area contributed by atoms with Crippen LogP contribution in [0.2, 0.25) is 0 Å². The molecule has 0 spiro atoms. The van der Waals surface area contributed by atoms with E-state index in [4.69, 9.17) is 0 Å². The van der Waals surface area contributed by atoms with Gasteiger partial charge in [0.25, 0.3) is 0 Å². The summed E-state index contributed by atoms with van der Waals surface area (Å²) < 4.78 is 0.974. The van der Waals surface area contributed by atoms with Gasteiger partial charge in [-0.05, 0) is 66.8 Å². The molecule has 0 saturated carbocycles. The number of rotatable bonds is 9. The molecule has 0 aliphatic heterocycles. The Kier molecular flexibility index (Phi) is 9.01. The van der Waals surface area contributed by atoms with E-state index in [1.807, 2.05) is 93.6 Å². The van der Waals surface area contributed by atoms with Gasteiger partial charge in [-0.2, -0.15) is 0 Å². The lowest BCUT2D eigenvalue weighted by molar-refractivity contribution is -0.141. The van der Waals surface area contributed by atoms with Crippen molar-refractivity contribution in [3.63, 3.8) is 0 Å². The maximum absolute atomic E-state index is 14.0. The minimum Gasteiger partial charge on any atom is -0.350 e. The molecule has 4 rings (SSSR count). The fraction of sp³-hybridized carbons (Fsp3) is 0.273. The number of aryl methyl sites for hydroxylation is 1. The van der Waals surface area contributed by atoms with E-state index in [-0.39, 0.29) is 11.8 Å². The second-order valence-electron chi connectivity index (χ2n) is 10.7. The van der Waals surface area contributed by atoms with Gasteiger partial charge in [-0.1, -0.05) is 101 Å². The van der Waals surface area contributed by atoms with E-state index in [1.54, 1.807) is 4.90 Å². The Morgan fingerprint density at radius 2 is 1.47 bits per heavy atom. The fourth-order valence-corrected chi connectivity index (χ4v) is 4.95. The first-order valence-corrected chi connectivity index (χ1v) is 13.9. The first-order valence-electron chi connectivity index (χ1n) is 13.1. The van der Waals surface area contributed by atoms with Gasteiger partial charge in [0.15, 0.2) is 0 Å².